The van der Waals surface area contributed by atoms with E-state index in [0.717, 1.165) is 37.1 Å². The van der Waals surface area contributed by atoms with Gasteiger partial charge in [-0.3, -0.25) is 9.69 Å². The fourth-order valence-electron chi connectivity index (χ4n) is 3.75. The highest BCUT2D eigenvalue weighted by Gasteiger charge is 2.30. The Morgan fingerprint density at radius 2 is 1.80 bits per heavy atom. The van der Waals surface area contributed by atoms with Crippen LogP contribution in [-0.4, -0.2) is 29.0 Å². The summed E-state index contributed by atoms with van der Waals surface area (Å²) < 4.78 is 13.2. The summed E-state index contributed by atoms with van der Waals surface area (Å²) in [5, 5.41) is 9.53. The lowest BCUT2D eigenvalue weighted by atomic mass is 9.85. The third-order valence-electron chi connectivity index (χ3n) is 5.02. The minimum Gasteiger partial charge on any atom is -0.392 e. The number of piperidine rings is 1. The number of primary amides is 1. The first-order chi connectivity index (χ1) is 12.1. The Balaban J connectivity index is 1.73. The van der Waals surface area contributed by atoms with Crippen LogP contribution in [-0.2, 0) is 11.4 Å². The number of rotatable bonds is 5. The number of nitrogens with zero attached hydrogens (tertiary/aromatic N) is 1. The molecule has 1 heterocycles. The van der Waals surface area contributed by atoms with Crippen LogP contribution in [0.1, 0.15) is 41.5 Å². The van der Waals surface area contributed by atoms with E-state index >= 15 is 0 Å². The number of hydrogen-bond acceptors (Lipinski definition) is 3. The molecule has 0 saturated carbocycles. The second kappa shape index (κ2) is 7.76. The molecule has 1 saturated heterocycles. The van der Waals surface area contributed by atoms with Crippen LogP contribution < -0.4 is 5.73 Å². The molecule has 25 heavy (non-hydrogen) atoms. The average molecular weight is 342 g/mol. The summed E-state index contributed by atoms with van der Waals surface area (Å²) in [6.07, 6.45) is 1.78. The SMILES string of the molecule is NC(=O)C(c1ccc(F)cc1)N1CCC(c2ccccc2CO)CC1. The van der Waals surface area contributed by atoms with Crippen molar-refractivity contribution in [3.05, 3.63) is 71.0 Å². The van der Waals surface area contributed by atoms with Crippen LogP contribution in [0.2, 0.25) is 0 Å². The van der Waals surface area contributed by atoms with Gasteiger partial charge in [0.15, 0.2) is 0 Å². The second-order valence-electron chi connectivity index (χ2n) is 6.52. The zero-order chi connectivity index (χ0) is 17.8. The van der Waals surface area contributed by atoms with Crippen molar-refractivity contribution in [1.29, 1.82) is 0 Å². The summed E-state index contributed by atoms with van der Waals surface area (Å²) in [4.78, 5) is 14.1. The lowest BCUT2D eigenvalue weighted by molar-refractivity contribution is -0.124. The van der Waals surface area contributed by atoms with Gasteiger partial charge in [-0.25, -0.2) is 4.39 Å². The number of aliphatic hydroxyl groups is 1. The highest BCUT2D eigenvalue weighted by molar-refractivity contribution is 5.81. The zero-order valence-corrected chi connectivity index (χ0v) is 14.1. The van der Waals surface area contributed by atoms with E-state index in [1.165, 1.54) is 17.7 Å². The maximum absolute atomic E-state index is 13.2. The number of carbonyl (C=O) groups excluding carboxylic acids is 1. The van der Waals surface area contributed by atoms with Gasteiger partial charge < -0.3 is 10.8 Å². The molecule has 2 aromatic rings. The van der Waals surface area contributed by atoms with Gasteiger partial charge in [-0.2, -0.15) is 0 Å². The fourth-order valence-corrected chi connectivity index (χ4v) is 3.75. The molecule has 5 heteroatoms. The van der Waals surface area contributed by atoms with E-state index in [4.69, 9.17) is 5.73 Å². The van der Waals surface area contributed by atoms with Gasteiger partial charge in [0, 0.05) is 0 Å². The van der Waals surface area contributed by atoms with E-state index in [9.17, 15) is 14.3 Å². The average Bonchev–Trinajstić information content (AvgIpc) is 2.64. The topological polar surface area (TPSA) is 66.6 Å². The van der Waals surface area contributed by atoms with Gasteiger partial charge in [-0.15, -0.1) is 0 Å². The molecule has 4 nitrogen and oxygen atoms in total. The molecular weight excluding hydrogens is 319 g/mol. The van der Waals surface area contributed by atoms with Crippen molar-refractivity contribution in [2.24, 2.45) is 5.73 Å². The van der Waals surface area contributed by atoms with Crippen molar-refractivity contribution < 1.29 is 14.3 Å². The van der Waals surface area contributed by atoms with Crippen molar-refractivity contribution in [2.45, 2.75) is 31.4 Å². The molecule has 3 N–H and O–H groups in total. The first-order valence-corrected chi connectivity index (χ1v) is 8.57. The Bertz CT molecular complexity index is 725. The quantitative estimate of drug-likeness (QED) is 0.878. The Morgan fingerprint density at radius 3 is 2.40 bits per heavy atom. The third kappa shape index (κ3) is 3.89. The van der Waals surface area contributed by atoms with Crippen LogP contribution in [0.15, 0.2) is 48.5 Å². The molecule has 3 rings (SSSR count). The summed E-state index contributed by atoms with van der Waals surface area (Å²) in [7, 11) is 0. The number of hydrogen-bond donors (Lipinski definition) is 2. The molecule has 1 aliphatic rings. The molecule has 2 aromatic carbocycles. The molecule has 0 bridgehead atoms. The van der Waals surface area contributed by atoms with E-state index < -0.39 is 11.9 Å². The number of amides is 1. The highest BCUT2D eigenvalue weighted by atomic mass is 19.1. The molecule has 1 aliphatic heterocycles. The van der Waals surface area contributed by atoms with Crippen molar-refractivity contribution in [3.63, 3.8) is 0 Å². The van der Waals surface area contributed by atoms with Crippen LogP contribution in [0, 0.1) is 5.82 Å². The fraction of sp³-hybridized carbons (Fsp3) is 0.350. The maximum atomic E-state index is 13.2. The molecule has 0 aromatic heterocycles. The van der Waals surface area contributed by atoms with Gasteiger partial charge in [-0.05, 0) is 60.7 Å². The van der Waals surface area contributed by atoms with E-state index in [-0.39, 0.29) is 12.4 Å². The van der Waals surface area contributed by atoms with E-state index in [1.807, 2.05) is 18.2 Å². The summed E-state index contributed by atoms with van der Waals surface area (Å²) in [6, 6.07) is 13.4. The number of carbonyl (C=O) groups is 1. The Hall–Kier alpha value is -2.24. The third-order valence-corrected chi connectivity index (χ3v) is 5.02. The second-order valence-corrected chi connectivity index (χ2v) is 6.52. The Labute approximate surface area is 147 Å². The lowest BCUT2D eigenvalue weighted by Gasteiger charge is -2.37. The molecule has 1 unspecified atom stereocenters. The first kappa shape index (κ1) is 17.6. The van der Waals surface area contributed by atoms with Crippen molar-refractivity contribution in [1.82, 2.24) is 4.90 Å². The number of nitrogens with two attached hydrogens (primary N) is 1. The van der Waals surface area contributed by atoms with Crippen molar-refractivity contribution in [2.75, 3.05) is 13.1 Å². The molecule has 0 aliphatic carbocycles. The van der Waals surface area contributed by atoms with Gasteiger partial charge in [0.25, 0.3) is 0 Å². The zero-order valence-electron chi connectivity index (χ0n) is 14.1. The van der Waals surface area contributed by atoms with Crippen LogP contribution in [0.5, 0.6) is 0 Å². The normalized spacial score (nSPS) is 17.4. The van der Waals surface area contributed by atoms with Gasteiger partial charge in [0.05, 0.1) is 6.61 Å². The monoisotopic (exact) mass is 342 g/mol. The van der Waals surface area contributed by atoms with Crippen molar-refractivity contribution in [3.8, 4) is 0 Å². The van der Waals surface area contributed by atoms with Gasteiger partial charge in [0.1, 0.15) is 11.9 Å². The lowest BCUT2D eigenvalue weighted by Crippen LogP contribution is -2.42. The van der Waals surface area contributed by atoms with Crippen LogP contribution in [0.4, 0.5) is 4.39 Å². The van der Waals surface area contributed by atoms with Crippen molar-refractivity contribution >= 4 is 5.91 Å². The smallest absolute Gasteiger partial charge is 0.239 e. The molecule has 1 atom stereocenters. The van der Waals surface area contributed by atoms with Gasteiger partial charge in [-0.1, -0.05) is 36.4 Å². The number of halogens is 1. The van der Waals surface area contributed by atoms with E-state index in [0.29, 0.717) is 5.92 Å². The van der Waals surface area contributed by atoms with Gasteiger partial charge in [0.2, 0.25) is 5.91 Å². The summed E-state index contributed by atoms with van der Waals surface area (Å²) in [5.74, 6) is -0.381. The number of likely N-dealkylation sites (tertiary alicyclic amines) is 1. The predicted octanol–water partition coefficient (Wildman–Crippen LogP) is 2.72. The first-order valence-electron chi connectivity index (χ1n) is 8.57. The summed E-state index contributed by atoms with van der Waals surface area (Å²) >= 11 is 0. The minimum absolute atomic E-state index is 0.0376. The molecule has 1 amide bonds. The minimum atomic E-state index is -0.533. The van der Waals surface area contributed by atoms with Crippen LogP contribution in [0.3, 0.4) is 0 Å². The molecular formula is C20H23FN2O2. The number of benzene rings is 2. The number of aliphatic hydroxyl groups excluding tert-OH is 1. The van der Waals surface area contributed by atoms with Crippen LogP contribution in [0.25, 0.3) is 0 Å². The largest absolute Gasteiger partial charge is 0.392 e. The van der Waals surface area contributed by atoms with E-state index in [1.54, 1.807) is 12.1 Å². The Morgan fingerprint density at radius 1 is 1.16 bits per heavy atom. The summed E-state index contributed by atoms with van der Waals surface area (Å²) in [6.45, 7) is 1.50. The maximum Gasteiger partial charge on any atom is 0.239 e. The van der Waals surface area contributed by atoms with Crippen LogP contribution >= 0.6 is 0 Å². The predicted molar refractivity (Wildman–Crippen MR) is 94.2 cm³/mol. The summed E-state index contributed by atoms with van der Waals surface area (Å²) in [5.41, 5.74) is 8.49. The highest BCUT2D eigenvalue weighted by Crippen LogP contribution is 2.33. The molecule has 0 radical (unpaired) electrons. The molecule has 0 spiro atoms. The standard InChI is InChI=1S/C20H23FN2O2/c21-17-7-5-15(6-8-17)19(20(22)25)23-11-9-14(10-12-23)18-4-2-1-3-16(18)13-24/h1-8,14,19,24H,9-13H2,(H2,22,25). The molecule has 1 fully saturated rings. The van der Waals surface area contributed by atoms with Gasteiger partial charge >= 0.3 is 0 Å². The van der Waals surface area contributed by atoms with E-state index in [2.05, 4.69) is 11.0 Å². The Kier molecular flexibility index (Phi) is 5.46. The molecule has 132 valence electrons.